The van der Waals surface area contributed by atoms with Crippen LogP contribution in [0.2, 0.25) is 0 Å². The molecule has 0 aliphatic carbocycles. The van der Waals surface area contributed by atoms with Crippen molar-refractivity contribution in [3.05, 3.63) is 0 Å². The summed E-state index contributed by atoms with van der Waals surface area (Å²) in [6, 6.07) is 0. The lowest BCUT2D eigenvalue weighted by atomic mass is 9.94. The third kappa shape index (κ3) is 5.44. The van der Waals surface area contributed by atoms with Crippen LogP contribution in [0.25, 0.3) is 0 Å². The maximum atomic E-state index is 12.2. The second-order valence-corrected chi connectivity index (χ2v) is 5.43. The van der Waals surface area contributed by atoms with Crippen molar-refractivity contribution >= 4 is 18.3 Å². The lowest BCUT2D eigenvalue weighted by Gasteiger charge is -2.37. The van der Waals surface area contributed by atoms with Crippen LogP contribution in [0, 0.1) is 5.41 Å². The Balaban J connectivity index is 0.00000289. The molecule has 0 bridgehead atoms. The molecule has 0 aromatic rings. The van der Waals surface area contributed by atoms with Crippen LogP contribution in [0.15, 0.2) is 0 Å². The quantitative estimate of drug-likeness (QED) is 0.738. The van der Waals surface area contributed by atoms with Crippen LogP contribution in [-0.2, 0) is 4.79 Å². The van der Waals surface area contributed by atoms with E-state index in [1.807, 2.05) is 20.8 Å². The Kier molecular flexibility index (Phi) is 5.94. The molecule has 0 saturated carbocycles. The smallest absolute Gasteiger partial charge is 0.340 e. The van der Waals surface area contributed by atoms with E-state index < -0.39 is 18.1 Å². The number of amides is 1. The predicted molar refractivity (Wildman–Crippen MR) is 65.8 cm³/mol. The van der Waals surface area contributed by atoms with Gasteiger partial charge in [0.2, 0.25) is 5.91 Å². The molecule has 1 heterocycles. The molecule has 108 valence electrons. The largest absolute Gasteiger partial charge is 0.401 e. The van der Waals surface area contributed by atoms with E-state index in [-0.39, 0.29) is 18.3 Å². The van der Waals surface area contributed by atoms with Gasteiger partial charge in [0.1, 0.15) is 0 Å². The molecule has 7 heteroatoms. The molecular formula is C11H20ClF3N2O. The van der Waals surface area contributed by atoms with E-state index in [2.05, 4.69) is 0 Å². The third-order valence-corrected chi connectivity index (χ3v) is 2.70. The minimum absolute atomic E-state index is 0. The van der Waals surface area contributed by atoms with Crippen LogP contribution in [0.4, 0.5) is 13.2 Å². The maximum absolute atomic E-state index is 12.2. The number of hydrogen-bond acceptors (Lipinski definition) is 2. The minimum atomic E-state index is -4.16. The number of nitrogens with zero attached hydrogens (tertiary/aromatic N) is 2. The number of alkyl halides is 3. The molecule has 1 fully saturated rings. The number of carbonyl (C=O) groups is 1. The molecule has 1 saturated heterocycles. The van der Waals surface area contributed by atoms with Crippen LogP contribution in [-0.4, -0.2) is 54.6 Å². The molecule has 0 atom stereocenters. The van der Waals surface area contributed by atoms with Crippen LogP contribution in [0.5, 0.6) is 0 Å². The highest BCUT2D eigenvalue weighted by molar-refractivity contribution is 5.85. The number of piperazine rings is 1. The van der Waals surface area contributed by atoms with Crippen molar-refractivity contribution < 1.29 is 18.0 Å². The van der Waals surface area contributed by atoms with Crippen molar-refractivity contribution in [1.29, 1.82) is 0 Å². The highest BCUT2D eigenvalue weighted by atomic mass is 35.5. The summed E-state index contributed by atoms with van der Waals surface area (Å²) in [5.74, 6) is 0.00385. The summed E-state index contributed by atoms with van der Waals surface area (Å²) >= 11 is 0. The van der Waals surface area contributed by atoms with Crippen LogP contribution >= 0.6 is 12.4 Å². The molecule has 0 radical (unpaired) electrons. The van der Waals surface area contributed by atoms with E-state index in [1.165, 1.54) is 4.90 Å². The first kappa shape index (κ1) is 17.5. The van der Waals surface area contributed by atoms with Gasteiger partial charge in [0.25, 0.3) is 0 Å². The van der Waals surface area contributed by atoms with Gasteiger partial charge in [-0.1, -0.05) is 20.8 Å². The molecular weight excluding hydrogens is 269 g/mol. The van der Waals surface area contributed by atoms with Crippen molar-refractivity contribution in [1.82, 2.24) is 9.80 Å². The number of halogens is 4. The standard InChI is InChI=1S/C11H19F3N2O.ClH/c1-10(2,3)9(17)16-6-4-15(5-7-16)8-11(12,13)14;/h4-8H2,1-3H3;1H. The van der Waals surface area contributed by atoms with Gasteiger partial charge in [0.05, 0.1) is 6.54 Å². The van der Waals surface area contributed by atoms with Gasteiger partial charge >= 0.3 is 6.18 Å². The monoisotopic (exact) mass is 288 g/mol. The van der Waals surface area contributed by atoms with Gasteiger partial charge in [-0.3, -0.25) is 9.69 Å². The zero-order valence-corrected chi connectivity index (χ0v) is 11.7. The summed E-state index contributed by atoms with van der Waals surface area (Å²) < 4.78 is 36.5. The number of carbonyl (C=O) groups excluding carboxylic acids is 1. The van der Waals surface area contributed by atoms with Gasteiger partial charge in [0, 0.05) is 31.6 Å². The molecule has 1 amide bonds. The van der Waals surface area contributed by atoms with E-state index >= 15 is 0 Å². The van der Waals surface area contributed by atoms with Crippen molar-refractivity contribution in [2.45, 2.75) is 26.9 Å². The van der Waals surface area contributed by atoms with Crippen molar-refractivity contribution in [2.24, 2.45) is 5.41 Å². The fourth-order valence-electron chi connectivity index (χ4n) is 1.84. The average Bonchev–Trinajstić information content (AvgIpc) is 2.14. The Morgan fingerprint density at radius 2 is 1.50 bits per heavy atom. The second-order valence-electron chi connectivity index (χ2n) is 5.43. The van der Waals surface area contributed by atoms with E-state index in [0.29, 0.717) is 26.2 Å². The fourth-order valence-corrected chi connectivity index (χ4v) is 1.84. The lowest BCUT2D eigenvalue weighted by Crippen LogP contribution is -2.53. The molecule has 1 aliphatic rings. The number of hydrogen-bond donors (Lipinski definition) is 0. The first-order valence-electron chi connectivity index (χ1n) is 5.68. The van der Waals surface area contributed by atoms with Crippen LogP contribution < -0.4 is 0 Å². The number of rotatable bonds is 1. The molecule has 1 rings (SSSR count). The van der Waals surface area contributed by atoms with Crippen molar-refractivity contribution in [3.8, 4) is 0 Å². The molecule has 0 aromatic carbocycles. The highest BCUT2D eigenvalue weighted by Gasteiger charge is 2.34. The Morgan fingerprint density at radius 3 is 1.83 bits per heavy atom. The van der Waals surface area contributed by atoms with Gasteiger partial charge in [-0.25, -0.2) is 0 Å². The van der Waals surface area contributed by atoms with E-state index in [9.17, 15) is 18.0 Å². The summed E-state index contributed by atoms with van der Waals surface area (Å²) in [4.78, 5) is 14.9. The molecule has 0 unspecified atom stereocenters. The lowest BCUT2D eigenvalue weighted by molar-refractivity contribution is -0.154. The third-order valence-electron chi connectivity index (χ3n) is 2.70. The van der Waals surface area contributed by atoms with Crippen molar-refractivity contribution in [2.75, 3.05) is 32.7 Å². The summed E-state index contributed by atoms with van der Waals surface area (Å²) in [5, 5.41) is 0. The Morgan fingerprint density at radius 1 is 1.06 bits per heavy atom. The zero-order chi connectivity index (χ0) is 13.3. The van der Waals surface area contributed by atoms with Gasteiger partial charge < -0.3 is 4.90 Å². The van der Waals surface area contributed by atoms with Gasteiger partial charge in [-0.15, -0.1) is 12.4 Å². The van der Waals surface area contributed by atoms with Crippen molar-refractivity contribution in [3.63, 3.8) is 0 Å². The molecule has 3 nitrogen and oxygen atoms in total. The van der Waals surface area contributed by atoms with Gasteiger partial charge in [-0.05, 0) is 0 Å². The average molecular weight is 289 g/mol. The summed E-state index contributed by atoms with van der Waals surface area (Å²) in [6.45, 7) is 5.91. The van der Waals surface area contributed by atoms with Crippen LogP contribution in [0.3, 0.4) is 0 Å². The van der Waals surface area contributed by atoms with Crippen LogP contribution in [0.1, 0.15) is 20.8 Å². The Labute approximate surface area is 112 Å². The molecule has 0 N–H and O–H groups in total. The topological polar surface area (TPSA) is 23.6 Å². The van der Waals surface area contributed by atoms with Gasteiger partial charge in [0.15, 0.2) is 0 Å². The molecule has 0 spiro atoms. The first-order valence-corrected chi connectivity index (χ1v) is 5.68. The van der Waals surface area contributed by atoms with E-state index in [0.717, 1.165) is 0 Å². The maximum Gasteiger partial charge on any atom is 0.401 e. The molecule has 18 heavy (non-hydrogen) atoms. The minimum Gasteiger partial charge on any atom is -0.340 e. The Hall–Kier alpha value is -0.490. The normalized spacial score (nSPS) is 18.4. The summed E-state index contributed by atoms with van der Waals surface area (Å²) in [5.41, 5.74) is -0.466. The highest BCUT2D eigenvalue weighted by Crippen LogP contribution is 2.20. The first-order chi connectivity index (χ1) is 7.59. The van der Waals surface area contributed by atoms with Gasteiger partial charge in [-0.2, -0.15) is 13.2 Å². The molecule has 1 aliphatic heterocycles. The molecule has 0 aromatic heterocycles. The summed E-state index contributed by atoms with van der Waals surface area (Å²) in [7, 11) is 0. The van der Waals surface area contributed by atoms with E-state index in [4.69, 9.17) is 0 Å². The SMILES string of the molecule is CC(C)(C)C(=O)N1CCN(CC(F)(F)F)CC1.Cl. The second kappa shape index (κ2) is 6.10. The fraction of sp³-hybridized carbons (Fsp3) is 0.909. The Bertz CT molecular complexity index is 281. The predicted octanol–water partition coefficient (Wildman–Crippen LogP) is 2.16. The summed E-state index contributed by atoms with van der Waals surface area (Å²) in [6.07, 6.45) is -4.16. The van der Waals surface area contributed by atoms with E-state index in [1.54, 1.807) is 4.90 Å². The zero-order valence-electron chi connectivity index (χ0n) is 10.9.